The lowest BCUT2D eigenvalue weighted by Crippen LogP contribution is -2.31. The number of nitrogens with zero attached hydrogens (tertiary/aromatic N) is 2. The summed E-state index contributed by atoms with van der Waals surface area (Å²) in [6.07, 6.45) is 3.59. The minimum Gasteiger partial charge on any atom is -0.372 e. The minimum atomic E-state index is -3.89. The molecule has 1 fully saturated rings. The van der Waals surface area contributed by atoms with Crippen molar-refractivity contribution in [1.29, 1.82) is 0 Å². The number of benzene rings is 3. The molecule has 1 aliphatic rings. The Labute approximate surface area is 200 Å². The third-order valence-corrected chi connectivity index (χ3v) is 6.76. The summed E-state index contributed by atoms with van der Waals surface area (Å²) in [5, 5.41) is 4.24. The molecule has 0 aromatic heterocycles. The van der Waals surface area contributed by atoms with Crippen molar-refractivity contribution < 1.29 is 13.2 Å². The van der Waals surface area contributed by atoms with Gasteiger partial charge in [0.15, 0.2) is 0 Å². The first-order valence-electron chi connectivity index (χ1n) is 11.3. The second kappa shape index (κ2) is 11.0. The van der Waals surface area contributed by atoms with Gasteiger partial charge in [0.25, 0.3) is 5.91 Å². The number of hydrazone groups is 1. The maximum absolute atomic E-state index is 12.6. The highest BCUT2D eigenvalue weighted by atomic mass is 32.2. The SMILES string of the molecule is O=C(CS(=O)(=O)Nc1ccc(N2CCCCC2)cc1)NN=C(c1ccccc1)c1ccccc1. The van der Waals surface area contributed by atoms with Crippen LogP contribution in [0.3, 0.4) is 0 Å². The second-order valence-corrected chi connectivity index (χ2v) is 9.91. The fraction of sp³-hybridized carbons (Fsp3) is 0.231. The topological polar surface area (TPSA) is 90.9 Å². The van der Waals surface area contributed by atoms with E-state index in [4.69, 9.17) is 0 Å². The summed E-state index contributed by atoms with van der Waals surface area (Å²) < 4.78 is 27.6. The fourth-order valence-corrected chi connectivity index (χ4v) is 4.90. The summed E-state index contributed by atoms with van der Waals surface area (Å²) >= 11 is 0. The Morgan fingerprint density at radius 3 is 1.91 bits per heavy atom. The van der Waals surface area contributed by atoms with E-state index >= 15 is 0 Å². The Bertz CT molecular complexity index is 1180. The van der Waals surface area contributed by atoms with Crippen molar-refractivity contribution in [2.24, 2.45) is 5.10 Å². The Hall–Kier alpha value is -3.65. The highest BCUT2D eigenvalue weighted by molar-refractivity contribution is 7.93. The smallest absolute Gasteiger partial charge is 0.257 e. The van der Waals surface area contributed by atoms with Gasteiger partial charge in [-0.15, -0.1) is 0 Å². The van der Waals surface area contributed by atoms with Gasteiger partial charge >= 0.3 is 0 Å². The molecule has 176 valence electrons. The molecule has 0 saturated carbocycles. The average molecular weight is 477 g/mol. The number of hydrogen-bond acceptors (Lipinski definition) is 5. The molecular formula is C26H28N4O3S. The Kier molecular flexibility index (Phi) is 7.59. The lowest BCUT2D eigenvalue weighted by atomic mass is 10.0. The van der Waals surface area contributed by atoms with Crippen LogP contribution < -0.4 is 15.0 Å². The molecule has 0 unspecified atom stereocenters. The van der Waals surface area contributed by atoms with Gasteiger partial charge in [0.1, 0.15) is 5.75 Å². The van der Waals surface area contributed by atoms with Gasteiger partial charge in [-0.05, 0) is 43.5 Å². The summed E-state index contributed by atoms with van der Waals surface area (Å²) in [5.74, 6) is -1.46. The lowest BCUT2D eigenvalue weighted by molar-refractivity contribution is -0.118. The Morgan fingerprint density at radius 1 is 0.794 bits per heavy atom. The molecule has 7 nitrogen and oxygen atoms in total. The minimum absolute atomic E-state index is 0.423. The van der Waals surface area contributed by atoms with Crippen molar-refractivity contribution in [3.8, 4) is 0 Å². The molecule has 0 aliphatic carbocycles. The Balaban J connectivity index is 1.40. The van der Waals surface area contributed by atoms with Gasteiger partial charge in [-0.25, -0.2) is 13.8 Å². The maximum atomic E-state index is 12.6. The fourth-order valence-electron chi connectivity index (χ4n) is 3.92. The van der Waals surface area contributed by atoms with Gasteiger partial charge < -0.3 is 4.90 Å². The van der Waals surface area contributed by atoms with Crippen LogP contribution in [0.1, 0.15) is 30.4 Å². The first-order chi connectivity index (χ1) is 16.5. The molecule has 0 radical (unpaired) electrons. The number of nitrogens with one attached hydrogen (secondary N) is 2. The van der Waals surface area contributed by atoms with E-state index in [1.807, 2.05) is 72.8 Å². The number of piperidine rings is 1. The van der Waals surface area contributed by atoms with Crippen molar-refractivity contribution in [1.82, 2.24) is 5.43 Å². The molecule has 3 aromatic rings. The van der Waals surface area contributed by atoms with E-state index in [9.17, 15) is 13.2 Å². The molecule has 0 spiro atoms. The van der Waals surface area contributed by atoms with E-state index in [1.54, 1.807) is 12.1 Å². The zero-order valence-electron chi connectivity index (χ0n) is 18.9. The van der Waals surface area contributed by atoms with Crippen LogP contribution in [0.5, 0.6) is 0 Å². The number of carbonyl (C=O) groups is 1. The van der Waals surface area contributed by atoms with Crippen LogP contribution in [0.25, 0.3) is 0 Å². The van der Waals surface area contributed by atoms with Crippen LogP contribution in [-0.4, -0.2) is 38.9 Å². The van der Waals surface area contributed by atoms with Gasteiger partial charge in [-0.2, -0.15) is 5.10 Å². The van der Waals surface area contributed by atoms with Gasteiger partial charge in [-0.1, -0.05) is 60.7 Å². The summed E-state index contributed by atoms with van der Waals surface area (Å²) in [4.78, 5) is 14.7. The molecule has 8 heteroatoms. The van der Waals surface area contributed by atoms with Crippen LogP contribution in [0.15, 0.2) is 90.0 Å². The zero-order valence-corrected chi connectivity index (χ0v) is 19.7. The summed E-state index contributed by atoms with van der Waals surface area (Å²) in [6, 6.07) is 26.0. The maximum Gasteiger partial charge on any atom is 0.257 e. The van der Waals surface area contributed by atoms with Gasteiger partial charge in [0, 0.05) is 35.6 Å². The molecular weight excluding hydrogens is 448 g/mol. The van der Waals surface area contributed by atoms with Crippen molar-refractivity contribution in [3.63, 3.8) is 0 Å². The highest BCUT2D eigenvalue weighted by Crippen LogP contribution is 2.22. The van der Waals surface area contributed by atoms with E-state index in [-0.39, 0.29) is 0 Å². The van der Waals surface area contributed by atoms with Gasteiger partial charge in [0.2, 0.25) is 10.0 Å². The molecule has 1 amide bonds. The monoisotopic (exact) mass is 476 g/mol. The first kappa shape index (κ1) is 23.5. The van der Waals surface area contributed by atoms with Crippen LogP contribution in [-0.2, 0) is 14.8 Å². The second-order valence-electron chi connectivity index (χ2n) is 8.18. The summed E-state index contributed by atoms with van der Waals surface area (Å²) in [7, 11) is -3.89. The molecule has 1 saturated heterocycles. The van der Waals surface area contributed by atoms with Crippen molar-refractivity contribution in [2.75, 3.05) is 28.5 Å². The standard InChI is InChI=1S/C26H28N4O3S/c31-25(27-28-26(21-10-4-1-5-11-21)22-12-6-2-7-13-22)20-34(32,33)29-23-14-16-24(17-15-23)30-18-8-3-9-19-30/h1-2,4-7,10-17,29H,3,8-9,18-20H2,(H,27,31). The predicted octanol–water partition coefficient (Wildman–Crippen LogP) is 3.99. The number of hydrogen-bond donors (Lipinski definition) is 2. The predicted molar refractivity (Wildman–Crippen MR) is 137 cm³/mol. The van der Waals surface area contributed by atoms with E-state index < -0.39 is 21.7 Å². The van der Waals surface area contributed by atoms with Crippen molar-refractivity contribution in [3.05, 3.63) is 96.1 Å². The molecule has 4 rings (SSSR count). The normalized spacial score (nSPS) is 13.7. The first-order valence-corrected chi connectivity index (χ1v) is 13.0. The number of amides is 1. The largest absolute Gasteiger partial charge is 0.372 e. The van der Waals surface area contributed by atoms with Crippen LogP contribution >= 0.6 is 0 Å². The molecule has 1 aliphatic heterocycles. The molecule has 34 heavy (non-hydrogen) atoms. The quantitative estimate of drug-likeness (QED) is 0.380. The van der Waals surface area contributed by atoms with Crippen molar-refractivity contribution in [2.45, 2.75) is 19.3 Å². The molecule has 0 bridgehead atoms. The van der Waals surface area contributed by atoms with Crippen LogP contribution in [0.2, 0.25) is 0 Å². The number of rotatable bonds is 8. The summed E-state index contributed by atoms with van der Waals surface area (Å²) in [6.45, 7) is 2.03. The Morgan fingerprint density at radius 2 is 1.35 bits per heavy atom. The van der Waals surface area contributed by atoms with Crippen LogP contribution in [0, 0.1) is 0 Å². The molecule has 0 atom stereocenters. The van der Waals surface area contributed by atoms with E-state index in [2.05, 4.69) is 20.1 Å². The molecule has 2 N–H and O–H groups in total. The van der Waals surface area contributed by atoms with Crippen LogP contribution in [0.4, 0.5) is 11.4 Å². The molecule has 1 heterocycles. The van der Waals surface area contributed by atoms with E-state index in [0.29, 0.717) is 11.4 Å². The van der Waals surface area contributed by atoms with E-state index in [1.165, 1.54) is 19.3 Å². The third-order valence-electron chi connectivity index (χ3n) is 5.57. The number of carbonyl (C=O) groups excluding carboxylic acids is 1. The summed E-state index contributed by atoms with van der Waals surface area (Å²) in [5.41, 5.74) is 6.06. The van der Waals surface area contributed by atoms with E-state index in [0.717, 1.165) is 29.9 Å². The zero-order chi connectivity index (χ0) is 23.8. The number of anilines is 2. The van der Waals surface area contributed by atoms with Gasteiger partial charge in [-0.3, -0.25) is 9.52 Å². The van der Waals surface area contributed by atoms with Gasteiger partial charge in [0.05, 0.1) is 5.71 Å². The molecule has 3 aromatic carbocycles. The highest BCUT2D eigenvalue weighted by Gasteiger charge is 2.18. The third kappa shape index (κ3) is 6.45. The lowest BCUT2D eigenvalue weighted by Gasteiger charge is -2.28. The number of sulfonamides is 1. The average Bonchev–Trinajstić information content (AvgIpc) is 2.86. The van der Waals surface area contributed by atoms with Crippen molar-refractivity contribution >= 4 is 33.0 Å².